The molecule has 0 spiro atoms. The zero-order chi connectivity index (χ0) is 22.9. The number of carbonyl (C=O) groups is 2. The summed E-state index contributed by atoms with van der Waals surface area (Å²) in [5.74, 6) is -0.240. The number of carbonyl (C=O) groups excluding carboxylic acids is 2. The maximum Gasteiger partial charge on any atom is 0.412 e. The van der Waals surface area contributed by atoms with Crippen LogP contribution in [0.15, 0.2) is 36.8 Å². The molecule has 2 N–H and O–H groups in total. The maximum absolute atomic E-state index is 15.2. The van der Waals surface area contributed by atoms with E-state index in [4.69, 9.17) is 4.74 Å². The van der Waals surface area contributed by atoms with Crippen LogP contribution in [-0.4, -0.2) is 50.1 Å². The minimum atomic E-state index is -0.628. The van der Waals surface area contributed by atoms with Crippen LogP contribution in [0.5, 0.6) is 0 Å². The number of aromatic nitrogens is 3. The number of nitrogens with zero attached hydrogens (tertiary/aromatic N) is 4. The van der Waals surface area contributed by atoms with Crippen molar-refractivity contribution in [1.29, 1.82) is 0 Å². The number of rotatable bonds is 3. The minimum Gasteiger partial charge on any atom is -0.444 e. The zero-order valence-corrected chi connectivity index (χ0v) is 18.2. The third-order valence-electron chi connectivity index (χ3n) is 4.86. The molecule has 9 nitrogen and oxygen atoms in total. The van der Waals surface area contributed by atoms with E-state index < -0.39 is 17.5 Å². The summed E-state index contributed by atoms with van der Waals surface area (Å²) in [7, 11) is 0. The summed E-state index contributed by atoms with van der Waals surface area (Å²) in [6, 6.07) is 4.45. The lowest BCUT2D eigenvalue weighted by Gasteiger charge is -2.19. The second-order valence-corrected chi connectivity index (χ2v) is 8.59. The van der Waals surface area contributed by atoms with Crippen molar-refractivity contribution in [3.05, 3.63) is 42.6 Å². The lowest BCUT2D eigenvalue weighted by Crippen LogP contribution is -2.32. The van der Waals surface area contributed by atoms with Gasteiger partial charge in [0.05, 0.1) is 23.3 Å². The normalized spacial score (nSPS) is 13.9. The Morgan fingerprint density at radius 1 is 1.12 bits per heavy atom. The Hall–Kier alpha value is -3.69. The Balaban J connectivity index is 1.55. The van der Waals surface area contributed by atoms with E-state index in [1.165, 1.54) is 12.3 Å². The molecule has 3 amide bonds. The fourth-order valence-electron chi connectivity index (χ4n) is 3.44. The van der Waals surface area contributed by atoms with Crippen molar-refractivity contribution in [2.24, 2.45) is 0 Å². The Morgan fingerprint density at radius 3 is 2.59 bits per heavy atom. The molecule has 3 aromatic rings. The quantitative estimate of drug-likeness (QED) is 0.624. The number of imidazole rings is 1. The first-order valence-electron chi connectivity index (χ1n) is 10.4. The zero-order valence-electron chi connectivity index (χ0n) is 18.2. The second kappa shape index (κ2) is 8.45. The van der Waals surface area contributed by atoms with Crippen molar-refractivity contribution >= 4 is 29.3 Å². The number of halogens is 1. The van der Waals surface area contributed by atoms with Gasteiger partial charge in [-0.15, -0.1) is 0 Å². The number of ether oxygens (including phenoxy) is 1. The SMILES string of the molecule is CC(C)(C)OC(=O)Nc1cnc2nc(-c3cccc(NC(=O)N4CCCC4)c3F)cn2c1. The highest BCUT2D eigenvalue weighted by atomic mass is 19.1. The van der Waals surface area contributed by atoms with Crippen molar-refractivity contribution in [2.45, 2.75) is 39.2 Å². The molecule has 10 heteroatoms. The van der Waals surface area contributed by atoms with Crippen LogP contribution in [-0.2, 0) is 4.74 Å². The van der Waals surface area contributed by atoms with E-state index in [1.807, 2.05) is 0 Å². The first-order valence-corrected chi connectivity index (χ1v) is 10.4. The highest BCUT2D eigenvalue weighted by molar-refractivity contribution is 5.90. The molecule has 0 radical (unpaired) electrons. The van der Waals surface area contributed by atoms with Gasteiger partial charge in [-0.05, 0) is 45.7 Å². The van der Waals surface area contributed by atoms with Crippen LogP contribution < -0.4 is 10.6 Å². The summed E-state index contributed by atoms with van der Waals surface area (Å²) in [6.45, 7) is 6.65. The monoisotopic (exact) mass is 440 g/mol. The van der Waals surface area contributed by atoms with Gasteiger partial charge in [-0.1, -0.05) is 6.07 Å². The third-order valence-corrected chi connectivity index (χ3v) is 4.86. The first kappa shape index (κ1) is 21.5. The molecule has 0 unspecified atom stereocenters. The molecule has 168 valence electrons. The van der Waals surface area contributed by atoms with Crippen molar-refractivity contribution in [3.63, 3.8) is 0 Å². The first-order chi connectivity index (χ1) is 15.2. The van der Waals surface area contributed by atoms with Crippen LogP contribution >= 0.6 is 0 Å². The van der Waals surface area contributed by atoms with Crippen LogP contribution in [0, 0.1) is 5.82 Å². The van der Waals surface area contributed by atoms with Gasteiger partial charge in [0.1, 0.15) is 5.60 Å². The molecule has 0 saturated carbocycles. The van der Waals surface area contributed by atoms with Gasteiger partial charge in [0.25, 0.3) is 0 Å². The molecular formula is C22H25FN6O3. The van der Waals surface area contributed by atoms with Gasteiger partial charge in [-0.2, -0.15) is 0 Å². The van der Waals surface area contributed by atoms with E-state index in [0.717, 1.165) is 12.8 Å². The topological polar surface area (TPSA) is 101 Å². The van der Waals surface area contributed by atoms with Crippen LogP contribution in [0.4, 0.5) is 25.4 Å². The van der Waals surface area contributed by atoms with Crippen molar-refractivity contribution < 1.29 is 18.7 Å². The summed E-state index contributed by atoms with van der Waals surface area (Å²) < 4.78 is 22.0. The molecule has 1 saturated heterocycles. The fraction of sp³-hybridized carbons (Fsp3) is 0.364. The summed E-state index contributed by atoms with van der Waals surface area (Å²) in [6.07, 6.45) is 5.96. The number of hydrogen-bond donors (Lipinski definition) is 2. The largest absolute Gasteiger partial charge is 0.444 e. The molecule has 1 aliphatic heterocycles. The predicted octanol–water partition coefficient (Wildman–Crippen LogP) is 4.51. The van der Waals surface area contributed by atoms with Crippen LogP contribution in [0.2, 0.25) is 0 Å². The molecule has 0 bridgehead atoms. The molecule has 1 aromatic carbocycles. The van der Waals surface area contributed by atoms with Gasteiger partial charge in [0.15, 0.2) is 5.82 Å². The summed E-state index contributed by atoms with van der Waals surface area (Å²) in [5.41, 5.74) is 0.453. The van der Waals surface area contributed by atoms with Crippen LogP contribution in [0.25, 0.3) is 17.0 Å². The fourth-order valence-corrected chi connectivity index (χ4v) is 3.44. The Labute approximate surface area is 184 Å². The number of nitrogens with one attached hydrogen (secondary N) is 2. The van der Waals surface area contributed by atoms with Gasteiger partial charge >= 0.3 is 12.1 Å². The van der Waals surface area contributed by atoms with Gasteiger partial charge in [0.2, 0.25) is 5.78 Å². The Morgan fingerprint density at radius 2 is 1.88 bits per heavy atom. The van der Waals surface area contributed by atoms with E-state index in [0.29, 0.717) is 30.2 Å². The average molecular weight is 440 g/mol. The number of benzene rings is 1. The molecule has 1 aliphatic rings. The van der Waals surface area contributed by atoms with E-state index in [9.17, 15) is 9.59 Å². The van der Waals surface area contributed by atoms with E-state index in [-0.39, 0.29) is 17.3 Å². The van der Waals surface area contributed by atoms with Gasteiger partial charge in [0, 0.05) is 31.0 Å². The van der Waals surface area contributed by atoms with Gasteiger partial charge in [-0.3, -0.25) is 9.72 Å². The highest BCUT2D eigenvalue weighted by Crippen LogP contribution is 2.28. The molecule has 3 heterocycles. The van der Waals surface area contributed by atoms with Gasteiger partial charge < -0.3 is 15.0 Å². The number of anilines is 2. The Bertz CT molecular complexity index is 1160. The predicted molar refractivity (Wildman–Crippen MR) is 118 cm³/mol. The summed E-state index contributed by atoms with van der Waals surface area (Å²) in [4.78, 5) is 34.6. The van der Waals surface area contributed by atoms with Crippen molar-refractivity contribution in [3.8, 4) is 11.3 Å². The number of urea groups is 1. The third kappa shape index (κ3) is 4.79. The summed E-state index contributed by atoms with van der Waals surface area (Å²) in [5, 5.41) is 5.26. The van der Waals surface area contributed by atoms with Gasteiger partial charge in [-0.25, -0.2) is 23.9 Å². The van der Waals surface area contributed by atoms with Crippen molar-refractivity contribution in [2.75, 3.05) is 23.7 Å². The van der Waals surface area contributed by atoms with Crippen molar-refractivity contribution in [1.82, 2.24) is 19.3 Å². The lowest BCUT2D eigenvalue weighted by molar-refractivity contribution is 0.0635. The molecule has 0 atom stereocenters. The van der Waals surface area contributed by atoms with Crippen LogP contribution in [0.1, 0.15) is 33.6 Å². The number of hydrogen-bond acceptors (Lipinski definition) is 5. The molecule has 1 fully saturated rings. The average Bonchev–Trinajstić information content (AvgIpc) is 3.37. The lowest BCUT2D eigenvalue weighted by atomic mass is 10.1. The number of likely N-dealkylation sites (tertiary alicyclic amines) is 1. The van der Waals surface area contributed by atoms with E-state index in [1.54, 1.807) is 54.6 Å². The highest BCUT2D eigenvalue weighted by Gasteiger charge is 2.21. The molecule has 4 rings (SSSR count). The number of fused-ring (bicyclic) bond motifs is 1. The molecular weight excluding hydrogens is 415 g/mol. The molecule has 2 aromatic heterocycles. The standard InChI is InChI=1S/C22H25FN6O3/c1-22(2,3)32-21(31)25-14-11-24-19-26-17(13-29(19)12-14)15-7-6-8-16(18(15)23)27-20(30)28-9-4-5-10-28/h6-8,11-13H,4-5,9-10H2,1-3H3,(H,25,31)(H,27,30). The molecule has 32 heavy (non-hydrogen) atoms. The Kier molecular flexibility index (Phi) is 5.68. The maximum atomic E-state index is 15.2. The smallest absolute Gasteiger partial charge is 0.412 e. The molecule has 0 aliphatic carbocycles. The van der Waals surface area contributed by atoms with E-state index in [2.05, 4.69) is 20.6 Å². The van der Waals surface area contributed by atoms with E-state index >= 15 is 4.39 Å². The number of amides is 3. The van der Waals surface area contributed by atoms with Crippen LogP contribution in [0.3, 0.4) is 0 Å². The second-order valence-electron chi connectivity index (χ2n) is 8.59. The summed E-state index contributed by atoms with van der Waals surface area (Å²) >= 11 is 0. The minimum absolute atomic E-state index is 0.0942.